The van der Waals surface area contributed by atoms with Crippen LogP contribution in [0, 0.1) is 0 Å². The van der Waals surface area contributed by atoms with E-state index in [0.29, 0.717) is 17.4 Å². The summed E-state index contributed by atoms with van der Waals surface area (Å²) in [5.74, 6) is 0.954. The van der Waals surface area contributed by atoms with Crippen molar-refractivity contribution in [1.82, 2.24) is 14.7 Å². The molecule has 0 N–H and O–H groups in total. The highest BCUT2D eigenvalue weighted by Gasteiger charge is 2.27. The summed E-state index contributed by atoms with van der Waals surface area (Å²) in [7, 11) is 3.34. The van der Waals surface area contributed by atoms with Gasteiger partial charge in [0.2, 0.25) is 5.88 Å². The predicted octanol–water partition coefficient (Wildman–Crippen LogP) is 2.45. The van der Waals surface area contributed by atoms with E-state index in [-0.39, 0.29) is 5.91 Å². The van der Waals surface area contributed by atoms with E-state index in [4.69, 9.17) is 4.74 Å². The molecule has 1 amide bonds. The molecule has 0 atom stereocenters. The van der Waals surface area contributed by atoms with Gasteiger partial charge in [-0.05, 0) is 24.3 Å². The molecule has 0 radical (unpaired) electrons. The molecule has 1 fully saturated rings. The second-order valence-electron chi connectivity index (χ2n) is 5.70. The molecule has 116 valence electrons. The Morgan fingerprint density at radius 3 is 2.55 bits per heavy atom. The van der Waals surface area contributed by atoms with Crippen molar-refractivity contribution in [1.29, 1.82) is 0 Å². The van der Waals surface area contributed by atoms with Crippen LogP contribution in [-0.4, -0.2) is 40.8 Å². The number of aromatic nitrogens is 2. The zero-order chi connectivity index (χ0) is 15.5. The Bertz CT molecular complexity index is 643. The summed E-state index contributed by atoms with van der Waals surface area (Å²) in [5.41, 5.74) is 1.91. The number of benzene rings is 1. The lowest BCUT2D eigenvalue weighted by atomic mass is 9.89. The van der Waals surface area contributed by atoms with Gasteiger partial charge < -0.3 is 9.64 Å². The van der Waals surface area contributed by atoms with Crippen LogP contribution >= 0.6 is 0 Å². The quantitative estimate of drug-likeness (QED) is 0.874. The molecule has 1 saturated heterocycles. The van der Waals surface area contributed by atoms with Crippen LogP contribution in [0.5, 0.6) is 5.88 Å². The van der Waals surface area contributed by atoms with Crippen LogP contribution in [0.25, 0.3) is 0 Å². The SMILES string of the molecule is COc1nn(C)cc1C(=O)N1CCC(c2ccccc2)CC1. The Morgan fingerprint density at radius 2 is 1.91 bits per heavy atom. The first-order valence-electron chi connectivity index (χ1n) is 7.61. The molecule has 0 bridgehead atoms. The lowest BCUT2D eigenvalue weighted by Crippen LogP contribution is -2.37. The van der Waals surface area contributed by atoms with E-state index in [1.54, 1.807) is 25.0 Å². The largest absolute Gasteiger partial charge is 0.479 e. The van der Waals surface area contributed by atoms with Gasteiger partial charge in [-0.2, -0.15) is 0 Å². The van der Waals surface area contributed by atoms with Crippen molar-refractivity contribution in [3.63, 3.8) is 0 Å². The van der Waals surface area contributed by atoms with Gasteiger partial charge in [-0.25, -0.2) is 0 Å². The topological polar surface area (TPSA) is 47.4 Å². The number of nitrogens with zero attached hydrogens (tertiary/aromatic N) is 3. The van der Waals surface area contributed by atoms with Crippen molar-refractivity contribution >= 4 is 5.91 Å². The summed E-state index contributed by atoms with van der Waals surface area (Å²) in [5, 5.41) is 4.15. The highest BCUT2D eigenvalue weighted by molar-refractivity contribution is 5.96. The van der Waals surface area contributed by atoms with Gasteiger partial charge in [0.1, 0.15) is 5.56 Å². The molecule has 5 nitrogen and oxygen atoms in total. The van der Waals surface area contributed by atoms with E-state index < -0.39 is 0 Å². The van der Waals surface area contributed by atoms with Gasteiger partial charge in [0.15, 0.2) is 0 Å². The van der Waals surface area contributed by atoms with E-state index in [1.807, 2.05) is 11.0 Å². The molecule has 0 unspecified atom stereocenters. The standard InChI is InChI=1S/C17H21N3O2/c1-19-12-15(16(18-19)22-2)17(21)20-10-8-14(9-11-20)13-6-4-3-5-7-13/h3-7,12,14H,8-11H2,1-2H3. The molecule has 1 aliphatic heterocycles. The van der Waals surface area contributed by atoms with Crippen molar-refractivity contribution in [2.75, 3.05) is 20.2 Å². The molecule has 0 aliphatic carbocycles. The summed E-state index contributed by atoms with van der Waals surface area (Å²) in [6.07, 6.45) is 3.72. The van der Waals surface area contributed by atoms with Crippen LogP contribution in [-0.2, 0) is 7.05 Å². The molecule has 22 heavy (non-hydrogen) atoms. The Hall–Kier alpha value is -2.30. The molecular weight excluding hydrogens is 278 g/mol. The van der Waals surface area contributed by atoms with Gasteiger partial charge >= 0.3 is 0 Å². The van der Waals surface area contributed by atoms with E-state index in [2.05, 4.69) is 29.4 Å². The minimum absolute atomic E-state index is 0.0106. The third kappa shape index (κ3) is 2.84. The zero-order valence-electron chi connectivity index (χ0n) is 13.0. The van der Waals surface area contributed by atoms with Crippen LogP contribution < -0.4 is 4.74 Å². The van der Waals surface area contributed by atoms with Crippen molar-refractivity contribution in [2.45, 2.75) is 18.8 Å². The number of carbonyl (C=O) groups excluding carboxylic acids is 1. The third-order valence-electron chi connectivity index (χ3n) is 4.27. The van der Waals surface area contributed by atoms with E-state index in [1.165, 1.54) is 5.56 Å². The number of hydrogen-bond donors (Lipinski definition) is 0. The van der Waals surface area contributed by atoms with Crippen molar-refractivity contribution in [2.24, 2.45) is 7.05 Å². The zero-order valence-corrected chi connectivity index (χ0v) is 13.0. The monoisotopic (exact) mass is 299 g/mol. The normalized spacial score (nSPS) is 15.8. The lowest BCUT2D eigenvalue weighted by molar-refractivity contribution is 0.0709. The maximum absolute atomic E-state index is 12.6. The average molecular weight is 299 g/mol. The van der Waals surface area contributed by atoms with E-state index in [0.717, 1.165) is 25.9 Å². The fourth-order valence-corrected chi connectivity index (χ4v) is 3.08. The van der Waals surface area contributed by atoms with Gasteiger partial charge in [-0.1, -0.05) is 30.3 Å². The minimum Gasteiger partial charge on any atom is -0.479 e. The molecule has 2 heterocycles. The average Bonchev–Trinajstić information content (AvgIpc) is 2.96. The number of rotatable bonds is 3. The second-order valence-corrected chi connectivity index (χ2v) is 5.70. The van der Waals surface area contributed by atoms with Crippen LogP contribution in [0.4, 0.5) is 0 Å². The summed E-state index contributed by atoms with van der Waals surface area (Å²) < 4.78 is 6.80. The molecule has 2 aromatic rings. The van der Waals surface area contributed by atoms with Gasteiger partial charge in [0.25, 0.3) is 5.91 Å². The molecule has 3 rings (SSSR count). The van der Waals surface area contributed by atoms with E-state index in [9.17, 15) is 4.79 Å². The Labute approximate surface area is 130 Å². The summed E-state index contributed by atoms with van der Waals surface area (Å²) in [6, 6.07) is 10.5. The maximum Gasteiger partial charge on any atom is 0.260 e. The number of aryl methyl sites for hydroxylation is 1. The van der Waals surface area contributed by atoms with Crippen molar-refractivity contribution in [3.8, 4) is 5.88 Å². The Morgan fingerprint density at radius 1 is 1.23 bits per heavy atom. The van der Waals surface area contributed by atoms with Crippen LogP contribution in [0.1, 0.15) is 34.7 Å². The molecular formula is C17H21N3O2. The van der Waals surface area contributed by atoms with Gasteiger partial charge in [0.05, 0.1) is 7.11 Å². The summed E-state index contributed by atoms with van der Waals surface area (Å²) in [4.78, 5) is 14.5. The van der Waals surface area contributed by atoms with Crippen LogP contribution in [0.3, 0.4) is 0 Å². The first-order chi connectivity index (χ1) is 10.7. The number of likely N-dealkylation sites (tertiary alicyclic amines) is 1. The first-order valence-corrected chi connectivity index (χ1v) is 7.61. The fourth-order valence-electron chi connectivity index (χ4n) is 3.08. The molecule has 1 aromatic carbocycles. The van der Waals surface area contributed by atoms with Crippen molar-refractivity contribution in [3.05, 3.63) is 47.7 Å². The molecule has 1 aromatic heterocycles. The summed E-state index contributed by atoms with van der Waals surface area (Å²) >= 11 is 0. The Kier molecular flexibility index (Phi) is 4.13. The molecule has 5 heteroatoms. The third-order valence-corrected chi connectivity index (χ3v) is 4.27. The second kappa shape index (κ2) is 6.22. The highest BCUT2D eigenvalue weighted by Crippen LogP contribution is 2.29. The number of methoxy groups -OCH3 is 1. The maximum atomic E-state index is 12.6. The van der Waals surface area contributed by atoms with Gasteiger partial charge in [-0.3, -0.25) is 9.48 Å². The molecule has 0 saturated carbocycles. The van der Waals surface area contributed by atoms with Crippen molar-refractivity contribution < 1.29 is 9.53 Å². The number of piperidine rings is 1. The van der Waals surface area contributed by atoms with Crippen LogP contribution in [0.15, 0.2) is 36.5 Å². The number of hydrogen-bond acceptors (Lipinski definition) is 3. The van der Waals surface area contributed by atoms with Gasteiger partial charge in [0, 0.05) is 26.3 Å². The molecule has 0 spiro atoms. The lowest BCUT2D eigenvalue weighted by Gasteiger charge is -2.32. The molecule has 1 aliphatic rings. The number of carbonyl (C=O) groups is 1. The fraction of sp³-hybridized carbons (Fsp3) is 0.412. The number of amides is 1. The summed E-state index contributed by atoms with van der Waals surface area (Å²) in [6.45, 7) is 1.55. The Balaban J connectivity index is 1.67. The van der Waals surface area contributed by atoms with Crippen LogP contribution in [0.2, 0.25) is 0 Å². The minimum atomic E-state index is 0.0106. The first kappa shape index (κ1) is 14.6. The highest BCUT2D eigenvalue weighted by atomic mass is 16.5. The number of ether oxygens (including phenoxy) is 1. The predicted molar refractivity (Wildman–Crippen MR) is 84.1 cm³/mol. The van der Waals surface area contributed by atoms with E-state index >= 15 is 0 Å². The van der Waals surface area contributed by atoms with Gasteiger partial charge in [-0.15, -0.1) is 5.10 Å². The smallest absolute Gasteiger partial charge is 0.260 e.